The average molecular weight is 295 g/mol. The predicted octanol–water partition coefficient (Wildman–Crippen LogP) is 2.60. The van der Waals surface area contributed by atoms with Gasteiger partial charge < -0.3 is 19.9 Å². The average Bonchev–Trinajstić information content (AvgIpc) is 2.47. The van der Waals surface area contributed by atoms with Gasteiger partial charge in [0.1, 0.15) is 5.75 Å². The maximum atomic E-state index is 9.81. The summed E-state index contributed by atoms with van der Waals surface area (Å²) in [4.78, 5) is 0. The summed E-state index contributed by atoms with van der Waals surface area (Å²) in [5, 5.41) is 13.0. The quantitative estimate of drug-likeness (QED) is 0.616. The van der Waals surface area contributed by atoms with Gasteiger partial charge in [-0.1, -0.05) is 26.0 Å². The van der Waals surface area contributed by atoms with Crippen LogP contribution in [0.15, 0.2) is 24.3 Å². The molecule has 2 N–H and O–H groups in total. The van der Waals surface area contributed by atoms with Crippen molar-refractivity contribution in [3.05, 3.63) is 29.8 Å². The summed E-state index contributed by atoms with van der Waals surface area (Å²) < 4.78 is 10.6. The molecule has 0 bridgehead atoms. The van der Waals surface area contributed by atoms with Crippen LogP contribution in [0.3, 0.4) is 0 Å². The number of aliphatic hydroxyl groups excluding tert-OH is 1. The molecular formula is C17H29NO3. The van der Waals surface area contributed by atoms with E-state index in [0.29, 0.717) is 19.1 Å². The molecule has 0 radical (unpaired) electrons. The van der Waals surface area contributed by atoms with E-state index in [0.717, 1.165) is 25.3 Å². The Balaban J connectivity index is 2.05. The highest BCUT2D eigenvalue weighted by Gasteiger charge is 2.04. The van der Waals surface area contributed by atoms with Crippen molar-refractivity contribution < 1.29 is 14.6 Å². The largest absolute Gasteiger partial charge is 0.497 e. The van der Waals surface area contributed by atoms with Crippen LogP contribution < -0.4 is 10.1 Å². The highest BCUT2D eigenvalue weighted by atomic mass is 16.5. The van der Waals surface area contributed by atoms with Gasteiger partial charge in [0.2, 0.25) is 0 Å². The first kappa shape index (κ1) is 18.0. The van der Waals surface area contributed by atoms with Gasteiger partial charge in [0.25, 0.3) is 0 Å². The standard InChI is InChI=1S/C17H29NO3/c1-14(2)5-4-10-21-13-16(19)12-18-11-15-6-8-17(20-3)9-7-15/h6-9,14,16,18-19H,4-5,10-13H2,1-3H3. The molecule has 0 aromatic heterocycles. The fourth-order valence-electron chi connectivity index (χ4n) is 2.00. The number of benzene rings is 1. The number of hydrogen-bond acceptors (Lipinski definition) is 4. The molecule has 1 aromatic carbocycles. The van der Waals surface area contributed by atoms with Crippen molar-refractivity contribution in [1.82, 2.24) is 5.32 Å². The van der Waals surface area contributed by atoms with E-state index in [9.17, 15) is 5.11 Å². The first-order chi connectivity index (χ1) is 10.1. The summed E-state index contributed by atoms with van der Waals surface area (Å²) in [6, 6.07) is 7.90. The van der Waals surface area contributed by atoms with Crippen molar-refractivity contribution in [3.8, 4) is 5.75 Å². The Morgan fingerprint density at radius 1 is 1.19 bits per heavy atom. The third-order valence-corrected chi connectivity index (χ3v) is 3.25. The molecule has 1 rings (SSSR count). The van der Waals surface area contributed by atoms with Crippen molar-refractivity contribution in [2.75, 3.05) is 26.9 Å². The van der Waals surface area contributed by atoms with Crippen LogP contribution in [0.1, 0.15) is 32.3 Å². The molecule has 0 amide bonds. The normalized spacial score (nSPS) is 12.6. The Morgan fingerprint density at radius 3 is 2.52 bits per heavy atom. The third-order valence-electron chi connectivity index (χ3n) is 3.25. The van der Waals surface area contributed by atoms with Crippen molar-refractivity contribution in [1.29, 1.82) is 0 Å². The molecule has 0 saturated carbocycles. The van der Waals surface area contributed by atoms with E-state index in [1.54, 1.807) is 7.11 Å². The Labute approximate surface area is 128 Å². The molecule has 21 heavy (non-hydrogen) atoms. The van der Waals surface area contributed by atoms with E-state index in [1.807, 2.05) is 24.3 Å². The molecular weight excluding hydrogens is 266 g/mol. The number of aliphatic hydroxyl groups is 1. The summed E-state index contributed by atoms with van der Waals surface area (Å²) in [5.41, 5.74) is 1.17. The predicted molar refractivity (Wildman–Crippen MR) is 85.6 cm³/mol. The second kappa shape index (κ2) is 10.6. The minimum absolute atomic E-state index is 0.397. The van der Waals surface area contributed by atoms with Crippen molar-refractivity contribution in [2.45, 2.75) is 39.3 Å². The molecule has 120 valence electrons. The molecule has 0 saturated heterocycles. The van der Waals surface area contributed by atoms with E-state index < -0.39 is 6.10 Å². The lowest BCUT2D eigenvalue weighted by molar-refractivity contribution is 0.0346. The smallest absolute Gasteiger partial charge is 0.118 e. The van der Waals surface area contributed by atoms with Crippen LogP contribution in [0.2, 0.25) is 0 Å². The van der Waals surface area contributed by atoms with Gasteiger partial charge in [0, 0.05) is 19.7 Å². The summed E-state index contributed by atoms with van der Waals surface area (Å²) in [5.74, 6) is 1.57. The van der Waals surface area contributed by atoms with Gasteiger partial charge >= 0.3 is 0 Å². The number of nitrogens with one attached hydrogen (secondary N) is 1. The Hall–Kier alpha value is -1.10. The molecule has 1 unspecified atom stereocenters. The number of hydrogen-bond donors (Lipinski definition) is 2. The Bertz CT molecular complexity index is 365. The van der Waals surface area contributed by atoms with Gasteiger partial charge in [-0.2, -0.15) is 0 Å². The van der Waals surface area contributed by atoms with Crippen LogP contribution in [0.4, 0.5) is 0 Å². The van der Waals surface area contributed by atoms with Crippen LogP contribution in [-0.4, -0.2) is 38.1 Å². The van der Waals surface area contributed by atoms with E-state index in [1.165, 1.54) is 12.0 Å². The third kappa shape index (κ3) is 8.71. The molecule has 0 heterocycles. The summed E-state index contributed by atoms with van der Waals surface area (Å²) in [7, 11) is 1.66. The highest BCUT2D eigenvalue weighted by Crippen LogP contribution is 2.10. The van der Waals surface area contributed by atoms with Crippen LogP contribution >= 0.6 is 0 Å². The monoisotopic (exact) mass is 295 g/mol. The van der Waals surface area contributed by atoms with Crippen molar-refractivity contribution in [2.24, 2.45) is 5.92 Å². The topological polar surface area (TPSA) is 50.7 Å². The summed E-state index contributed by atoms with van der Waals surface area (Å²) in [6.07, 6.45) is 1.78. The lowest BCUT2D eigenvalue weighted by atomic mass is 10.1. The fraction of sp³-hybridized carbons (Fsp3) is 0.647. The first-order valence-electron chi connectivity index (χ1n) is 7.71. The van der Waals surface area contributed by atoms with Gasteiger partial charge in [-0.15, -0.1) is 0 Å². The Kier molecular flexibility index (Phi) is 9.06. The molecule has 4 heteroatoms. The van der Waals surface area contributed by atoms with Gasteiger partial charge in [-0.05, 0) is 36.5 Å². The van der Waals surface area contributed by atoms with Gasteiger partial charge in [-0.25, -0.2) is 0 Å². The minimum Gasteiger partial charge on any atom is -0.497 e. The molecule has 1 atom stereocenters. The minimum atomic E-state index is -0.456. The molecule has 0 aliphatic heterocycles. The zero-order chi connectivity index (χ0) is 15.5. The van der Waals surface area contributed by atoms with Gasteiger partial charge in [-0.3, -0.25) is 0 Å². The van der Waals surface area contributed by atoms with E-state index in [4.69, 9.17) is 9.47 Å². The second-order valence-electron chi connectivity index (χ2n) is 5.74. The zero-order valence-electron chi connectivity index (χ0n) is 13.5. The summed E-state index contributed by atoms with van der Waals surface area (Å²) in [6.45, 7) is 6.81. The molecule has 0 fully saturated rings. The van der Waals surface area contributed by atoms with Crippen LogP contribution in [-0.2, 0) is 11.3 Å². The van der Waals surface area contributed by atoms with Crippen LogP contribution in [0, 0.1) is 5.92 Å². The van der Waals surface area contributed by atoms with Gasteiger partial charge in [0.05, 0.1) is 19.8 Å². The first-order valence-corrected chi connectivity index (χ1v) is 7.71. The number of ether oxygens (including phenoxy) is 2. The lowest BCUT2D eigenvalue weighted by Gasteiger charge is -2.13. The molecule has 1 aromatic rings. The molecule has 0 aliphatic carbocycles. The lowest BCUT2D eigenvalue weighted by Crippen LogP contribution is -2.30. The molecule has 0 spiro atoms. The van der Waals surface area contributed by atoms with Crippen LogP contribution in [0.25, 0.3) is 0 Å². The van der Waals surface area contributed by atoms with E-state index >= 15 is 0 Å². The van der Waals surface area contributed by atoms with E-state index in [-0.39, 0.29) is 0 Å². The zero-order valence-corrected chi connectivity index (χ0v) is 13.5. The molecule has 4 nitrogen and oxygen atoms in total. The van der Waals surface area contributed by atoms with Crippen molar-refractivity contribution >= 4 is 0 Å². The summed E-state index contributed by atoms with van der Waals surface area (Å²) >= 11 is 0. The van der Waals surface area contributed by atoms with E-state index in [2.05, 4.69) is 19.2 Å². The Morgan fingerprint density at radius 2 is 1.90 bits per heavy atom. The number of methoxy groups -OCH3 is 1. The fourth-order valence-corrected chi connectivity index (χ4v) is 2.00. The highest BCUT2D eigenvalue weighted by molar-refractivity contribution is 5.26. The maximum Gasteiger partial charge on any atom is 0.118 e. The van der Waals surface area contributed by atoms with Crippen LogP contribution in [0.5, 0.6) is 5.75 Å². The second-order valence-corrected chi connectivity index (χ2v) is 5.74. The van der Waals surface area contributed by atoms with Crippen molar-refractivity contribution in [3.63, 3.8) is 0 Å². The SMILES string of the molecule is COc1ccc(CNCC(O)COCCCC(C)C)cc1. The maximum absolute atomic E-state index is 9.81. The number of rotatable bonds is 11. The van der Waals surface area contributed by atoms with Gasteiger partial charge in [0.15, 0.2) is 0 Å². The molecule has 0 aliphatic rings.